The van der Waals surface area contributed by atoms with Crippen LogP contribution in [0.1, 0.15) is 25.0 Å². The Labute approximate surface area is 376 Å². The van der Waals surface area contributed by atoms with Crippen molar-refractivity contribution in [2.24, 2.45) is 0 Å². The molecule has 0 radical (unpaired) electrons. The molecule has 13 rings (SSSR count). The fraction of sp³-hybridized carbons (Fsp3) is 0.0492. The van der Waals surface area contributed by atoms with Crippen LogP contribution in [0.3, 0.4) is 0 Å². The Kier molecular flexibility index (Phi) is 8.22. The second-order valence-corrected chi connectivity index (χ2v) is 17.7. The Balaban J connectivity index is 0.981. The highest BCUT2D eigenvalue weighted by molar-refractivity contribution is 6.11. The van der Waals surface area contributed by atoms with E-state index >= 15 is 0 Å². The molecule has 306 valence electrons. The maximum absolute atomic E-state index is 6.63. The van der Waals surface area contributed by atoms with Gasteiger partial charge in [-0.2, -0.15) is 0 Å². The van der Waals surface area contributed by atoms with Crippen LogP contribution in [0.5, 0.6) is 0 Å². The maximum atomic E-state index is 6.63. The SMILES string of the molecule is CC1(C)c2ccccc2-c2ccc(-c3ccc(-c4cc(-c5ccccc5)nc(-c5cc(-c6cccc7c6oc6ccccc67)cc(-c6cccc7c6oc6ccccc67)c5)n4)cc3)cc21. The van der Waals surface area contributed by atoms with Crippen molar-refractivity contribution < 1.29 is 8.83 Å². The molecule has 0 saturated heterocycles. The Bertz CT molecular complexity index is 3720. The van der Waals surface area contributed by atoms with E-state index in [1.807, 2.05) is 30.3 Å². The third-order valence-corrected chi connectivity index (χ3v) is 13.5. The first-order valence-corrected chi connectivity index (χ1v) is 22.2. The van der Waals surface area contributed by atoms with Crippen LogP contribution in [-0.2, 0) is 5.41 Å². The van der Waals surface area contributed by atoms with E-state index in [0.29, 0.717) is 5.82 Å². The molecule has 0 fully saturated rings. The average molecular weight is 833 g/mol. The molecule has 65 heavy (non-hydrogen) atoms. The lowest BCUT2D eigenvalue weighted by Gasteiger charge is -2.22. The Morgan fingerprint density at radius 2 is 0.800 bits per heavy atom. The monoisotopic (exact) mass is 832 g/mol. The van der Waals surface area contributed by atoms with Crippen molar-refractivity contribution in [1.82, 2.24) is 9.97 Å². The van der Waals surface area contributed by atoms with Crippen LogP contribution in [0.4, 0.5) is 0 Å². The lowest BCUT2D eigenvalue weighted by molar-refractivity contribution is 0.660. The Morgan fingerprint density at radius 3 is 1.45 bits per heavy atom. The van der Waals surface area contributed by atoms with E-state index in [4.69, 9.17) is 18.8 Å². The lowest BCUT2D eigenvalue weighted by atomic mass is 9.81. The lowest BCUT2D eigenvalue weighted by Crippen LogP contribution is -2.14. The average Bonchev–Trinajstić information content (AvgIpc) is 4.01. The number of rotatable bonds is 6. The van der Waals surface area contributed by atoms with Crippen molar-refractivity contribution >= 4 is 43.9 Å². The topological polar surface area (TPSA) is 52.1 Å². The van der Waals surface area contributed by atoms with Gasteiger partial charge in [0.15, 0.2) is 5.82 Å². The highest BCUT2D eigenvalue weighted by atomic mass is 16.3. The number of fused-ring (bicyclic) bond motifs is 9. The Morgan fingerprint density at radius 1 is 0.323 bits per heavy atom. The van der Waals surface area contributed by atoms with E-state index in [1.165, 1.54) is 27.8 Å². The zero-order valence-electron chi connectivity index (χ0n) is 35.8. The largest absolute Gasteiger partial charge is 0.455 e. The molecule has 0 spiro atoms. The molecule has 4 nitrogen and oxygen atoms in total. The van der Waals surface area contributed by atoms with Gasteiger partial charge in [0.1, 0.15) is 22.3 Å². The molecule has 9 aromatic carbocycles. The van der Waals surface area contributed by atoms with Gasteiger partial charge in [-0.05, 0) is 87.0 Å². The van der Waals surface area contributed by atoms with Crippen LogP contribution in [-0.4, -0.2) is 9.97 Å². The zero-order chi connectivity index (χ0) is 43.2. The van der Waals surface area contributed by atoms with Crippen LogP contribution in [0.25, 0.3) is 122 Å². The van der Waals surface area contributed by atoms with Gasteiger partial charge in [0.05, 0.1) is 11.4 Å². The standard InChI is InChI=1S/C61H40N2O2/c1-61(2)52-23-9-6-16-46(52)47-31-30-40(35-53(47)61)37-26-28-39(29-27-37)55-36-54(38-14-4-3-5-15-38)62-60(63-55)43-33-41(44-19-12-21-50-48-17-7-10-24-56(48)64-58(44)50)32-42(34-43)45-20-13-22-51-49-18-8-11-25-57(49)65-59(45)51/h3-36H,1-2H3. The number of hydrogen-bond acceptors (Lipinski definition) is 4. The summed E-state index contributed by atoms with van der Waals surface area (Å²) >= 11 is 0. The smallest absolute Gasteiger partial charge is 0.160 e. The van der Waals surface area contributed by atoms with Gasteiger partial charge in [0, 0.05) is 54.8 Å². The molecule has 1 aliphatic rings. The van der Waals surface area contributed by atoms with Crippen LogP contribution >= 0.6 is 0 Å². The van der Waals surface area contributed by atoms with Crippen LogP contribution in [0.15, 0.2) is 215 Å². The molecule has 1 aliphatic carbocycles. The predicted molar refractivity (Wildman–Crippen MR) is 267 cm³/mol. The highest BCUT2D eigenvalue weighted by Crippen LogP contribution is 2.50. The molecule has 3 heterocycles. The van der Waals surface area contributed by atoms with Gasteiger partial charge < -0.3 is 8.83 Å². The molecule has 0 aliphatic heterocycles. The maximum Gasteiger partial charge on any atom is 0.160 e. The van der Waals surface area contributed by atoms with Crippen molar-refractivity contribution in [1.29, 1.82) is 0 Å². The number of aromatic nitrogens is 2. The number of hydrogen-bond donors (Lipinski definition) is 0. The molecule has 0 saturated carbocycles. The van der Waals surface area contributed by atoms with Gasteiger partial charge in [-0.1, -0.05) is 178 Å². The summed E-state index contributed by atoms with van der Waals surface area (Å²) in [4.78, 5) is 10.7. The van der Waals surface area contributed by atoms with Crippen molar-refractivity contribution in [3.8, 4) is 78.4 Å². The van der Waals surface area contributed by atoms with Gasteiger partial charge >= 0.3 is 0 Å². The van der Waals surface area contributed by atoms with E-state index in [0.717, 1.165) is 99.8 Å². The summed E-state index contributed by atoms with van der Waals surface area (Å²) in [7, 11) is 0. The molecule has 0 N–H and O–H groups in total. The summed E-state index contributed by atoms with van der Waals surface area (Å²) in [5, 5.41) is 4.33. The predicted octanol–water partition coefficient (Wildman–Crippen LogP) is 16.6. The minimum atomic E-state index is -0.0681. The number of furan rings is 2. The minimum Gasteiger partial charge on any atom is -0.455 e. The first-order valence-electron chi connectivity index (χ1n) is 22.2. The van der Waals surface area contributed by atoms with Crippen LogP contribution < -0.4 is 0 Å². The zero-order valence-corrected chi connectivity index (χ0v) is 35.8. The molecular formula is C61H40N2O2. The first-order chi connectivity index (χ1) is 31.9. The summed E-state index contributed by atoms with van der Waals surface area (Å²) in [6.07, 6.45) is 0. The number of benzene rings is 9. The summed E-state index contributed by atoms with van der Waals surface area (Å²) in [5.41, 5.74) is 19.7. The number of para-hydroxylation sites is 4. The molecule has 0 bridgehead atoms. The van der Waals surface area contributed by atoms with Crippen LogP contribution in [0, 0.1) is 0 Å². The van der Waals surface area contributed by atoms with Gasteiger partial charge in [0.25, 0.3) is 0 Å². The molecule has 12 aromatic rings. The molecule has 0 atom stereocenters. The fourth-order valence-corrected chi connectivity index (χ4v) is 10.2. The quantitative estimate of drug-likeness (QED) is 0.167. The summed E-state index contributed by atoms with van der Waals surface area (Å²) in [6, 6.07) is 72.9. The van der Waals surface area contributed by atoms with E-state index < -0.39 is 0 Å². The second-order valence-electron chi connectivity index (χ2n) is 17.7. The third-order valence-electron chi connectivity index (χ3n) is 13.5. The van der Waals surface area contributed by atoms with E-state index in [9.17, 15) is 0 Å². The first kappa shape index (κ1) is 37.2. The van der Waals surface area contributed by atoms with Crippen LogP contribution in [0.2, 0.25) is 0 Å². The van der Waals surface area contributed by atoms with E-state index in [1.54, 1.807) is 0 Å². The normalized spacial score (nSPS) is 12.9. The molecule has 0 unspecified atom stereocenters. The van der Waals surface area contributed by atoms with Crippen molar-refractivity contribution in [2.75, 3.05) is 0 Å². The third kappa shape index (κ3) is 5.98. The molecule has 0 amide bonds. The van der Waals surface area contributed by atoms with Crippen molar-refractivity contribution in [2.45, 2.75) is 19.3 Å². The summed E-state index contributed by atoms with van der Waals surface area (Å²) < 4.78 is 13.3. The second kappa shape index (κ2) is 14.3. The van der Waals surface area contributed by atoms with Gasteiger partial charge in [-0.3, -0.25) is 0 Å². The fourth-order valence-electron chi connectivity index (χ4n) is 10.2. The molecule has 3 aromatic heterocycles. The number of nitrogens with zero attached hydrogens (tertiary/aromatic N) is 2. The van der Waals surface area contributed by atoms with Crippen molar-refractivity contribution in [3.63, 3.8) is 0 Å². The molecule has 4 heteroatoms. The highest BCUT2D eigenvalue weighted by Gasteiger charge is 2.35. The Hall–Kier alpha value is -8.34. The van der Waals surface area contributed by atoms with Crippen molar-refractivity contribution in [3.05, 3.63) is 217 Å². The molecular weight excluding hydrogens is 793 g/mol. The van der Waals surface area contributed by atoms with E-state index in [-0.39, 0.29) is 5.41 Å². The van der Waals surface area contributed by atoms with E-state index in [2.05, 4.69) is 190 Å². The summed E-state index contributed by atoms with van der Waals surface area (Å²) in [6.45, 7) is 4.66. The van der Waals surface area contributed by atoms with Gasteiger partial charge in [-0.25, -0.2) is 9.97 Å². The summed E-state index contributed by atoms with van der Waals surface area (Å²) in [5.74, 6) is 0.627. The van der Waals surface area contributed by atoms with Gasteiger partial charge in [0.2, 0.25) is 0 Å². The minimum absolute atomic E-state index is 0.0681. The van der Waals surface area contributed by atoms with Gasteiger partial charge in [-0.15, -0.1) is 0 Å².